The lowest BCUT2D eigenvalue weighted by molar-refractivity contribution is -0.384. The molecule has 8 heteroatoms. The molecule has 7 nitrogen and oxygen atoms in total. The van der Waals surface area contributed by atoms with Crippen molar-refractivity contribution in [2.24, 2.45) is 0 Å². The highest BCUT2D eigenvalue weighted by Gasteiger charge is 2.24. The second kappa shape index (κ2) is 10.4. The van der Waals surface area contributed by atoms with Gasteiger partial charge in [0.1, 0.15) is 12.4 Å². The lowest BCUT2D eigenvalue weighted by Crippen LogP contribution is -2.15. The van der Waals surface area contributed by atoms with Crippen LogP contribution in [0.25, 0.3) is 0 Å². The molecule has 0 atom stereocenters. The van der Waals surface area contributed by atoms with Crippen LogP contribution in [0, 0.1) is 10.1 Å². The summed E-state index contributed by atoms with van der Waals surface area (Å²) in [5, 5.41) is 11.2. The lowest BCUT2D eigenvalue weighted by Gasteiger charge is -2.16. The Morgan fingerprint density at radius 3 is 2.65 bits per heavy atom. The van der Waals surface area contributed by atoms with E-state index >= 15 is 0 Å². The van der Waals surface area contributed by atoms with E-state index in [0.29, 0.717) is 40.4 Å². The topological polar surface area (TPSA) is 95.7 Å². The first-order valence-corrected chi connectivity index (χ1v) is 11.4. The number of non-ortho nitro benzene ring substituents is 1. The molecule has 0 spiro atoms. The van der Waals surface area contributed by atoms with E-state index in [0.717, 1.165) is 5.56 Å². The molecule has 0 N–H and O–H groups in total. The second-order valence-electron chi connectivity index (χ2n) is 7.67. The number of carbonyl (C=O) groups is 2. The number of rotatable bonds is 4. The quantitative estimate of drug-likeness (QED) is 0.138. The largest absolute Gasteiger partial charge is 0.457 e. The van der Waals surface area contributed by atoms with Crippen LogP contribution in [0.3, 0.4) is 0 Å². The molecule has 0 amide bonds. The number of esters is 2. The van der Waals surface area contributed by atoms with Crippen molar-refractivity contribution in [3.8, 4) is 5.75 Å². The highest BCUT2D eigenvalue weighted by molar-refractivity contribution is 9.10. The normalized spacial score (nSPS) is 14.1. The Labute approximate surface area is 204 Å². The summed E-state index contributed by atoms with van der Waals surface area (Å²) < 4.78 is 11.8. The van der Waals surface area contributed by atoms with Gasteiger partial charge >= 0.3 is 11.9 Å². The Morgan fingerprint density at radius 2 is 1.88 bits per heavy atom. The van der Waals surface area contributed by atoms with Gasteiger partial charge in [-0.05, 0) is 64.5 Å². The van der Waals surface area contributed by atoms with Gasteiger partial charge in [-0.2, -0.15) is 0 Å². The van der Waals surface area contributed by atoms with E-state index in [-0.39, 0.29) is 23.6 Å². The minimum absolute atomic E-state index is 0.0974. The van der Waals surface area contributed by atoms with Crippen molar-refractivity contribution in [1.82, 2.24) is 0 Å². The maximum atomic E-state index is 13.1. The van der Waals surface area contributed by atoms with E-state index in [1.807, 2.05) is 42.5 Å². The van der Waals surface area contributed by atoms with E-state index in [1.54, 1.807) is 12.1 Å². The van der Waals surface area contributed by atoms with E-state index in [1.165, 1.54) is 18.2 Å². The number of halogens is 1. The summed E-state index contributed by atoms with van der Waals surface area (Å²) in [6, 6.07) is 16.7. The Balaban J connectivity index is 1.68. The monoisotopic (exact) mass is 521 g/mol. The summed E-state index contributed by atoms with van der Waals surface area (Å²) in [5.74, 6) is -0.936. The van der Waals surface area contributed by atoms with E-state index in [4.69, 9.17) is 9.47 Å². The van der Waals surface area contributed by atoms with Gasteiger partial charge in [0.15, 0.2) is 0 Å². The minimum Gasteiger partial charge on any atom is -0.457 e. The van der Waals surface area contributed by atoms with E-state index < -0.39 is 16.9 Å². The molecule has 0 aliphatic carbocycles. The van der Waals surface area contributed by atoms with Crippen LogP contribution in [-0.4, -0.2) is 16.9 Å². The first-order valence-electron chi connectivity index (χ1n) is 10.6. The Hall–Kier alpha value is -3.78. The summed E-state index contributed by atoms with van der Waals surface area (Å²) >= 11 is 3.43. The molecule has 0 aromatic heterocycles. The molecule has 0 fully saturated rings. The average molecular weight is 522 g/mol. The molecular weight excluding hydrogens is 502 g/mol. The van der Waals surface area contributed by atoms with Gasteiger partial charge in [-0.3, -0.25) is 10.1 Å². The zero-order valence-electron chi connectivity index (χ0n) is 18.0. The second-order valence-corrected chi connectivity index (χ2v) is 8.52. The highest BCUT2D eigenvalue weighted by atomic mass is 79.9. The first-order chi connectivity index (χ1) is 16.4. The third-order valence-corrected chi connectivity index (χ3v) is 6.05. The molecule has 34 heavy (non-hydrogen) atoms. The van der Waals surface area contributed by atoms with Crippen LogP contribution in [0.5, 0.6) is 5.75 Å². The van der Waals surface area contributed by atoms with Gasteiger partial charge in [-0.1, -0.05) is 42.5 Å². The van der Waals surface area contributed by atoms with Crippen LogP contribution < -0.4 is 4.74 Å². The predicted molar refractivity (Wildman–Crippen MR) is 129 cm³/mol. The van der Waals surface area contributed by atoms with Gasteiger partial charge in [0.05, 0.1) is 20.5 Å². The third kappa shape index (κ3) is 5.23. The Kier molecular flexibility index (Phi) is 7.18. The zero-order chi connectivity index (χ0) is 24.1. The molecule has 4 rings (SSSR count). The number of ether oxygens (including phenoxy) is 2. The van der Waals surface area contributed by atoms with Crippen molar-refractivity contribution < 1.29 is 24.0 Å². The van der Waals surface area contributed by atoms with Crippen molar-refractivity contribution in [2.45, 2.75) is 25.9 Å². The van der Waals surface area contributed by atoms with Crippen molar-refractivity contribution >= 4 is 33.6 Å². The fourth-order valence-corrected chi connectivity index (χ4v) is 4.17. The molecule has 0 unspecified atom stereocenters. The number of nitro groups is 1. The number of fused-ring (bicyclic) bond motifs is 2. The summed E-state index contributed by atoms with van der Waals surface area (Å²) in [5.41, 5.74) is 2.36. The molecule has 1 heterocycles. The number of benzene rings is 3. The predicted octanol–water partition coefficient (Wildman–Crippen LogP) is 5.98. The molecule has 172 valence electrons. The molecule has 0 radical (unpaired) electrons. The van der Waals surface area contributed by atoms with E-state index in [2.05, 4.69) is 15.9 Å². The fourth-order valence-electron chi connectivity index (χ4n) is 3.72. The molecular formula is C26H20BrNO6. The number of carbonyl (C=O) groups excluding carboxylic acids is 2. The van der Waals surface area contributed by atoms with Crippen LogP contribution in [0.4, 0.5) is 5.69 Å². The van der Waals surface area contributed by atoms with Gasteiger partial charge in [-0.25, -0.2) is 9.59 Å². The van der Waals surface area contributed by atoms with Crippen molar-refractivity contribution in [1.29, 1.82) is 0 Å². The van der Waals surface area contributed by atoms with Crippen LogP contribution in [0.1, 0.15) is 43.8 Å². The van der Waals surface area contributed by atoms with Crippen LogP contribution in [0.15, 0.2) is 77.3 Å². The van der Waals surface area contributed by atoms with Gasteiger partial charge in [-0.15, -0.1) is 0 Å². The smallest absolute Gasteiger partial charge is 0.343 e. The number of hydrogen-bond acceptors (Lipinski definition) is 6. The molecule has 1 aliphatic heterocycles. The summed E-state index contributed by atoms with van der Waals surface area (Å²) in [4.78, 5) is 36.7. The van der Waals surface area contributed by atoms with Crippen molar-refractivity contribution in [3.63, 3.8) is 0 Å². The molecule has 0 bridgehead atoms. The summed E-state index contributed by atoms with van der Waals surface area (Å²) in [6.07, 6.45) is 5.12. The summed E-state index contributed by atoms with van der Waals surface area (Å²) in [6.45, 7) is 0.121. The molecule has 3 aromatic carbocycles. The molecule has 1 aliphatic rings. The maximum absolute atomic E-state index is 13.1. The number of hydrogen-bond donors (Lipinski definition) is 0. The Bertz CT molecular complexity index is 1290. The van der Waals surface area contributed by atoms with Gasteiger partial charge in [0.25, 0.3) is 5.69 Å². The van der Waals surface area contributed by atoms with Crippen molar-refractivity contribution in [2.75, 3.05) is 0 Å². The maximum Gasteiger partial charge on any atom is 0.343 e. The number of nitrogens with zero attached hydrogens (tertiary/aromatic N) is 1. The lowest BCUT2D eigenvalue weighted by atomic mass is 10.0. The standard InChI is InChI=1S/C26H20BrNO6/c27-23-14-13-22(25(29)33-16-17-7-3-1-4-8-17)21-10-6-2-5-9-18-15-19(28(31)32)11-12-20(18)26(30)34-24(21)23/h1-5,7-8,11-15H,6,9-10,16H2/b5-2-. The first kappa shape index (κ1) is 23.4. The average Bonchev–Trinajstić information content (AvgIpc) is 2.87. The van der Waals surface area contributed by atoms with Crippen LogP contribution >= 0.6 is 15.9 Å². The van der Waals surface area contributed by atoms with Gasteiger partial charge in [0, 0.05) is 17.7 Å². The summed E-state index contributed by atoms with van der Waals surface area (Å²) in [7, 11) is 0. The van der Waals surface area contributed by atoms with Gasteiger partial charge < -0.3 is 9.47 Å². The van der Waals surface area contributed by atoms with Crippen molar-refractivity contribution in [3.05, 3.63) is 115 Å². The fraction of sp³-hybridized carbons (Fsp3) is 0.154. The van der Waals surface area contributed by atoms with Crippen LogP contribution in [-0.2, 0) is 24.2 Å². The van der Waals surface area contributed by atoms with Gasteiger partial charge in [0.2, 0.25) is 0 Å². The SMILES string of the molecule is O=C1Oc2c(Br)ccc(C(=O)OCc3ccccc3)c2CC/C=C\Cc2cc([N+](=O)[O-])ccc21. The molecule has 3 aromatic rings. The minimum atomic E-state index is -0.656. The Morgan fingerprint density at radius 1 is 1.09 bits per heavy atom. The van der Waals surface area contributed by atoms with E-state index in [9.17, 15) is 19.7 Å². The number of nitro benzene ring substituents is 1. The molecule has 0 saturated carbocycles. The highest BCUT2D eigenvalue weighted by Crippen LogP contribution is 2.35. The third-order valence-electron chi connectivity index (χ3n) is 5.42. The zero-order valence-corrected chi connectivity index (χ0v) is 19.6. The number of allylic oxidation sites excluding steroid dienone is 2. The molecule has 0 saturated heterocycles. The van der Waals surface area contributed by atoms with Crippen LogP contribution in [0.2, 0.25) is 0 Å².